The third-order valence-corrected chi connectivity index (χ3v) is 4.52. The maximum absolute atomic E-state index is 12.0. The molecule has 0 bridgehead atoms. The van der Waals surface area contributed by atoms with E-state index in [1.54, 1.807) is 18.2 Å². The van der Waals surface area contributed by atoms with Crippen LogP contribution >= 0.6 is 15.9 Å². The molecule has 0 radical (unpaired) electrons. The van der Waals surface area contributed by atoms with E-state index in [0.29, 0.717) is 11.6 Å². The van der Waals surface area contributed by atoms with Crippen LogP contribution in [-0.4, -0.2) is 24.5 Å². The number of carbonyl (C=O) groups excluding carboxylic acids is 2. The zero-order chi connectivity index (χ0) is 16.1. The molecule has 1 aromatic rings. The van der Waals surface area contributed by atoms with Crippen LogP contribution in [0.3, 0.4) is 0 Å². The first-order valence-corrected chi connectivity index (χ1v) is 8.28. The summed E-state index contributed by atoms with van der Waals surface area (Å²) in [6, 6.07) is 5.11. The highest BCUT2D eigenvalue weighted by atomic mass is 79.9. The first-order valence-electron chi connectivity index (χ1n) is 7.49. The van der Waals surface area contributed by atoms with Crippen molar-refractivity contribution in [2.75, 3.05) is 12.3 Å². The molecule has 1 amide bonds. The van der Waals surface area contributed by atoms with Crippen LogP contribution in [-0.2, 0) is 9.53 Å². The summed E-state index contributed by atoms with van der Waals surface area (Å²) in [4.78, 5) is 23.9. The highest BCUT2D eigenvalue weighted by Crippen LogP contribution is 2.23. The number of nitrogens with one attached hydrogen (secondary N) is 1. The molecular formula is C16H21BrN2O3. The summed E-state index contributed by atoms with van der Waals surface area (Å²) in [5.74, 6) is -0.388. The molecule has 6 heteroatoms. The molecule has 0 saturated heterocycles. The van der Waals surface area contributed by atoms with Crippen LogP contribution in [0.2, 0.25) is 0 Å². The number of nitrogen functional groups attached to an aromatic ring is 1. The van der Waals surface area contributed by atoms with Crippen LogP contribution in [0.4, 0.5) is 5.69 Å². The Hall–Kier alpha value is -1.56. The predicted molar refractivity (Wildman–Crippen MR) is 88.4 cm³/mol. The molecule has 2 atom stereocenters. The molecule has 0 unspecified atom stereocenters. The van der Waals surface area contributed by atoms with Gasteiger partial charge in [0.25, 0.3) is 5.91 Å². The minimum Gasteiger partial charge on any atom is -0.452 e. The van der Waals surface area contributed by atoms with Gasteiger partial charge in [0.05, 0.1) is 5.56 Å². The molecule has 0 spiro atoms. The van der Waals surface area contributed by atoms with Gasteiger partial charge in [0, 0.05) is 16.2 Å². The van der Waals surface area contributed by atoms with E-state index in [9.17, 15) is 9.59 Å². The Morgan fingerprint density at radius 3 is 2.82 bits per heavy atom. The number of hydrogen-bond acceptors (Lipinski definition) is 4. The first-order chi connectivity index (χ1) is 10.5. The maximum Gasteiger partial charge on any atom is 0.340 e. The van der Waals surface area contributed by atoms with Gasteiger partial charge in [-0.05, 0) is 37.0 Å². The Labute approximate surface area is 138 Å². The van der Waals surface area contributed by atoms with Crippen LogP contribution < -0.4 is 11.1 Å². The molecule has 1 fully saturated rings. The average Bonchev–Trinajstić information content (AvgIpc) is 2.49. The topological polar surface area (TPSA) is 81.4 Å². The smallest absolute Gasteiger partial charge is 0.340 e. The summed E-state index contributed by atoms with van der Waals surface area (Å²) in [7, 11) is 0. The van der Waals surface area contributed by atoms with Gasteiger partial charge in [-0.1, -0.05) is 35.7 Å². The lowest BCUT2D eigenvalue weighted by Gasteiger charge is -2.29. The number of anilines is 1. The van der Waals surface area contributed by atoms with Gasteiger partial charge in [-0.25, -0.2) is 4.79 Å². The number of carbonyl (C=O) groups is 2. The van der Waals surface area contributed by atoms with Gasteiger partial charge < -0.3 is 15.8 Å². The summed E-state index contributed by atoms with van der Waals surface area (Å²) in [6.07, 6.45) is 4.45. The molecule has 120 valence electrons. The van der Waals surface area contributed by atoms with Crippen molar-refractivity contribution in [1.29, 1.82) is 0 Å². The van der Waals surface area contributed by atoms with E-state index in [-0.39, 0.29) is 24.1 Å². The number of rotatable bonds is 4. The van der Waals surface area contributed by atoms with Crippen molar-refractivity contribution >= 4 is 33.5 Å². The minimum atomic E-state index is -0.592. The molecule has 0 heterocycles. The molecule has 1 aliphatic carbocycles. The van der Waals surface area contributed by atoms with Crippen LogP contribution in [0.25, 0.3) is 0 Å². The molecular weight excluding hydrogens is 348 g/mol. The quantitative estimate of drug-likeness (QED) is 0.632. The molecule has 1 aromatic carbocycles. The number of halogens is 1. The normalized spacial score (nSPS) is 21.2. The summed E-state index contributed by atoms with van der Waals surface area (Å²) >= 11 is 3.27. The summed E-state index contributed by atoms with van der Waals surface area (Å²) in [5.41, 5.74) is 6.33. The SMILES string of the molecule is C[C@@H]1CCCC[C@H]1NC(=O)COC(=O)c1cc(Br)ccc1N. The van der Waals surface area contributed by atoms with Gasteiger partial charge >= 0.3 is 5.97 Å². The lowest BCUT2D eigenvalue weighted by atomic mass is 9.86. The summed E-state index contributed by atoms with van der Waals surface area (Å²) in [5, 5.41) is 2.94. The number of benzene rings is 1. The van der Waals surface area contributed by atoms with Crippen molar-refractivity contribution in [1.82, 2.24) is 5.32 Å². The fourth-order valence-corrected chi connectivity index (χ4v) is 3.05. The van der Waals surface area contributed by atoms with Gasteiger partial charge in [0.1, 0.15) is 0 Å². The highest BCUT2D eigenvalue weighted by molar-refractivity contribution is 9.10. The first kappa shape index (κ1) is 16.8. The lowest BCUT2D eigenvalue weighted by molar-refractivity contribution is -0.125. The van der Waals surface area contributed by atoms with Gasteiger partial charge in [0.2, 0.25) is 0 Å². The van der Waals surface area contributed by atoms with Crippen molar-refractivity contribution in [2.45, 2.75) is 38.6 Å². The second kappa shape index (κ2) is 7.63. The predicted octanol–water partition coefficient (Wildman–Crippen LogP) is 2.88. The zero-order valence-corrected chi connectivity index (χ0v) is 14.2. The van der Waals surface area contributed by atoms with Crippen molar-refractivity contribution in [3.63, 3.8) is 0 Å². The summed E-state index contributed by atoms with van der Waals surface area (Å²) in [6.45, 7) is 1.85. The van der Waals surface area contributed by atoms with E-state index >= 15 is 0 Å². The third-order valence-electron chi connectivity index (χ3n) is 4.03. The van der Waals surface area contributed by atoms with Crippen LogP contribution in [0.15, 0.2) is 22.7 Å². The van der Waals surface area contributed by atoms with E-state index in [1.165, 1.54) is 6.42 Å². The monoisotopic (exact) mass is 368 g/mol. The second-order valence-electron chi connectivity index (χ2n) is 5.74. The van der Waals surface area contributed by atoms with Gasteiger partial charge in [-0.3, -0.25) is 4.79 Å². The number of hydrogen-bond donors (Lipinski definition) is 2. The van der Waals surface area contributed by atoms with Crippen LogP contribution in [0, 0.1) is 5.92 Å². The Morgan fingerprint density at radius 1 is 1.36 bits per heavy atom. The lowest BCUT2D eigenvalue weighted by Crippen LogP contribution is -2.42. The van der Waals surface area contributed by atoms with Gasteiger partial charge in [-0.2, -0.15) is 0 Å². The number of ether oxygens (including phenoxy) is 1. The number of amides is 1. The zero-order valence-electron chi connectivity index (χ0n) is 12.6. The maximum atomic E-state index is 12.0. The van der Waals surface area contributed by atoms with E-state index in [1.807, 2.05) is 0 Å². The Morgan fingerprint density at radius 2 is 2.09 bits per heavy atom. The molecule has 5 nitrogen and oxygen atoms in total. The largest absolute Gasteiger partial charge is 0.452 e. The fraction of sp³-hybridized carbons (Fsp3) is 0.500. The Balaban J connectivity index is 1.85. The standard InChI is InChI=1S/C16H21BrN2O3/c1-10-4-2-3-5-14(10)19-15(20)9-22-16(21)12-8-11(17)6-7-13(12)18/h6-8,10,14H,2-5,9,18H2,1H3,(H,19,20)/t10-,14-/m1/s1. The minimum absolute atomic E-state index is 0.177. The van der Waals surface area contributed by atoms with Crippen LogP contribution in [0.5, 0.6) is 0 Å². The van der Waals surface area contributed by atoms with Gasteiger partial charge in [-0.15, -0.1) is 0 Å². The molecule has 1 saturated carbocycles. The fourth-order valence-electron chi connectivity index (χ4n) is 2.69. The average molecular weight is 369 g/mol. The van der Waals surface area contributed by atoms with Crippen molar-refractivity contribution < 1.29 is 14.3 Å². The Bertz CT molecular complexity index is 562. The van der Waals surface area contributed by atoms with E-state index < -0.39 is 5.97 Å². The Kier molecular flexibility index (Phi) is 5.83. The van der Waals surface area contributed by atoms with Crippen molar-refractivity contribution in [3.05, 3.63) is 28.2 Å². The highest BCUT2D eigenvalue weighted by Gasteiger charge is 2.23. The molecule has 22 heavy (non-hydrogen) atoms. The van der Waals surface area contributed by atoms with E-state index in [4.69, 9.17) is 10.5 Å². The molecule has 2 rings (SSSR count). The summed E-state index contributed by atoms with van der Waals surface area (Å²) < 4.78 is 5.78. The van der Waals surface area contributed by atoms with Crippen LogP contribution in [0.1, 0.15) is 43.0 Å². The number of nitrogens with two attached hydrogens (primary N) is 1. The van der Waals surface area contributed by atoms with Gasteiger partial charge in [0.15, 0.2) is 6.61 Å². The van der Waals surface area contributed by atoms with E-state index in [0.717, 1.165) is 23.7 Å². The van der Waals surface area contributed by atoms with Crippen molar-refractivity contribution in [3.8, 4) is 0 Å². The molecule has 0 aromatic heterocycles. The second-order valence-corrected chi connectivity index (χ2v) is 6.66. The molecule has 0 aliphatic heterocycles. The molecule has 1 aliphatic rings. The number of esters is 1. The molecule has 3 N–H and O–H groups in total. The van der Waals surface area contributed by atoms with E-state index in [2.05, 4.69) is 28.2 Å². The van der Waals surface area contributed by atoms with Crippen molar-refractivity contribution in [2.24, 2.45) is 5.92 Å². The third kappa shape index (κ3) is 4.47.